The van der Waals surface area contributed by atoms with Crippen LogP contribution in [0.4, 0.5) is 13.2 Å². The number of hydrogen-bond donors (Lipinski definition) is 1. The van der Waals surface area contributed by atoms with E-state index in [1.165, 1.54) is 29.4 Å². The SMILES string of the molecule is O=C(NCc1cccc(C(F)(F)F)c1)[C@H]1CCCN1C(=O)c1ccco1. The van der Waals surface area contributed by atoms with Gasteiger partial charge in [-0.2, -0.15) is 13.2 Å². The molecular formula is C18H17F3N2O3. The van der Waals surface area contributed by atoms with Gasteiger partial charge >= 0.3 is 6.18 Å². The predicted molar refractivity (Wildman–Crippen MR) is 86.1 cm³/mol. The summed E-state index contributed by atoms with van der Waals surface area (Å²) in [6, 6.07) is 7.25. The highest BCUT2D eigenvalue weighted by atomic mass is 19.4. The van der Waals surface area contributed by atoms with E-state index in [9.17, 15) is 22.8 Å². The van der Waals surface area contributed by atoms with Crippen LogP contribution in [-0.2, 0) is 17.5 Å². The molecule has 2 amide bonds. The Bertz CT molecular complexity index is 787. The molecule has 0 aliphatic carbocycles. The van der Waals surface area contributed by atoms with Crippen LogP contribution in [0.15, 0.2) is 47.1 Å². The molecule has 1 atom stereocenters. The summed E-state index contributed by atoms with van der Waals surface area (Å²) in [6.45, 7) is 0.392. The molecule has 0 saturated carbocycles. The van der Waals surface area contributed by atoms with Crippen molar-refractivity contribution in [1.82, 2.24) is 10.2 Å². The van der Waals surface area contributed by atoms with Crippen molar-refractivity contribution in [2.75, 3.05) is 6.54 Å². The maximum atomic E-state index is 12.7. The third-order valence-electron chi connectivity index (χ3n) is 4.27. The number of halogens is 3. The van der Waals surface area contributed by atoms with E-state index < -0.39 is 17.8 Å². The number of rotatable bonds is 4. The standard InChI is InChI=1S/C18H17F3N2O3/c19-18(20,21)13-5-1-4-12(10-13)11-22-16(24)14-6-2-8-23(14)17(25)15-7-3-9-26-15/h1,3-5,7,9-10,14H,2,6,8,11H2,(H,22,24)/t14-/m1/s1. The summed E-state index contributed by atoms with van der Waals surface area (Å²) in [6.07, 6.45) is -1.88. The molecule has 1 aliphatic rings. The van der Waals surface area contributed by atoms with Crippen LogP contribution < -0.4 is 5.32 Å². The van der Waals surface area contributed by atoms with Crippen molar-refractivity contribution in [2.24, 2.45) is 0 Å². The Labute approximate surface area is 147 Å². The second kappa shape index (κ2) is 7.23. The van der Waals surface area contributed by atoms with E-state index in [2.05, 4.69) is 5.32 Å². The zero-order chi connectivity index (χ0) is 18.7. The first-order chi connectivity index (χ1) is 12.4. The molecule has 0 unspecified atom stereocenters. The second-order valence-corrected chi connectivity index (χ2v) is 6.05. The molecule has 1 aliphatic heterocycles. The lowest BCUT2D eigenvalue weighted by molar-refractivity contribution is -0.137. The minimum absolute atomic E-state index is 0.0396. The number of nitrogens with zero attached hydrogens (tertiary/aromatic N) is 1. The molecule has 5 nitrogen and oxygen atoms in total. The van der Waals surface area contributed by atoms with E-state index in [1.54, 1.807) is 6.07 Å². The number of nitrogens with one attached hydrogen (secondary N) is 1. The smallest absolute Gasteiger partial charge is 0.416 e. The summed E-state index contributed by atoms with van der Waals surface area (Å²) in [5.41, 5.74) is -0.421. The minimum Gasteiger partial charge on any atom is -0.459 e. The van der Waals surface area contributed by atoms with Crippen LogP contribution in [0, 0.1) is 0 Å². The zero-order valence-corrected chi connectivity index (χ0v) is 13.8. The normalized spacial score (nSPS) is 17.3. The topological polar surface area (TPSA) is 62.6 Å². The third-order valence-corrected chi connectivity index (χ3v) is 4.27. The lowest BCUT2D eigenvalue weighted by Gasteiger charge is -2.23. The average Bonchev–Trinajstić information content (AvgIpc) is 3.30. The minimum atomic E-state index is -4.43. The first-order valence-electron chi connectivity index (χ1n) is 8.14. The molecule has 2 heterocycles. The van der Waals surface area contributed by atoms with E-state index in [-0.39, 0.29) is 24.1 Å². The van der Waals surface area contributed by atoms with E-state index in [0.29, 0.717) is 24.9 Å². The van der Waals surface area contributed by atoms with Gasteiger partial charge in [0.25, 0.3) is 5.91 Å². The van der Waals surface area contributed by atoms with Crippen molar-refractivity contribution >= 4 is 11.8 Å². The van der Waals surface area contributed by atoms with Crippen molar-refractivity contribution in [3.05, 3.63) is 59.5 Å². The van der Waals surface area contributed by atoms with Crippen LogP contribution in [-0.4, -0.2) is 29.3 Å². The van der Waals surface area contributed by atoms with Gasteiger partial charge in [-0.15, -0.1) is 0 Å². The quantitative estimate of drug-likeness (QED) is 0.904. The van der Waals surface area contributed by atoms with Crippen LogP contribution in [0.25, 0.3) is 0 Å². The molecule has 138 valence electrons. The van der Waals surface area contributed by atoms with Crippen molar-refractivity contribution in [2.45, 2.75) is 31.6 Å². The molecule has 1 saturated heterocycles. The largest absolute Gasteiger partial charge is 0.459 e. The van der Waals surface area contributed by atoms with Crippen LogP contribution in [0.3, 0.4) is 0 Å². The summed E-state index contributed by atoms with van der Waals surface area (Å²) in [5.74, 6) is -0.603. The maximum absolute atomic E-state index is 12.7. The molecule has 1 N–H and O–H groups in total. The Morgan fingerprint density at radius 1 is 1.23 bits per heavy atom. The Kier molecular flexibility index (Phi) is 5.01. The molecule has 0 bridgehead atoms. The molecule has 1 aromatic heterocycles. The Balaban J connectivity index is 1.64. The van der Waals surface area contributed by atoms with E-state index >= 15 is 0 Å². The molecule has 3 rings (SSSR count). The predicted octanol–water partition coefficient (Wildman–Crippen LogP) is 3.22. The van der Waals surface area contributed by atoms with Gasteiger partial charge in [-0.3, -0.25) is 9.59 Å². The number of carbonyl (C=O) groups excluding carboxylic acids is 2. The highest BCUT2D eigenvalue weighted by molar-refractivity contribution is 5.95. The average molecular weight is 366 g/mol. The fraction of sp³-hybridized carbons (Fsp3) is 0.333. The van der Waals surface area contributed by atoms with Gasteiger partial charge in [0, 0.05) is 13.1 Å². The molecule has 2 aromatic rings. The van der Waals surface area contributed by atoms with Crippen molar-refractivity contribution in [3.8, 4) is 0 Å². The molecule has 8 heteroatoms. The summed E-state index contributed by atoms with van der Waals surface area (Å²) in [7, 11) is 0. The van der Waals surface area contributed by atoms with Gasteiger partial charge in [-0.05, 0) is 42.7 Å². The first-order valence-corrected chi connectivity index (χ1v) is 8.14. The lowest BCUT2D eigenvalue weighted by atomic mass is 10.1. The molecule has 0 radical (unpaired) electrons. The number of benzene rings is 1. The van der Waals surface area contributed by atoms with Crippen LogP contribution in [0.1, 0.15) is 34.5 Å². The fourth-order valence-electron chi connectivity index (χ4n) is 2.99. The molecule has 0 spiro atoms. The Hall–Kier alpha value is -2.77. The number of hydrogen-bond acceptors (Lipinski definition) is 3. The second-order valence-electron chi connectivity index (χ2n) is 6.05. The van der Waals surface area contributed by atoms with Crippen LogP contribution >= 0.6 is 0 Å². The summed E-state index contributed by atoms with van der Waals surface area (Å²) in [5, 5.41) is 2.62. The highest BCUT2D eigenvalue weighted by Crippen LogP contribution is 2.29. The third kappa shape index (κ3) is 3.89. The van der Waals surface area contributed by atoms with Crippen LogP contribution in [0.2, 0.25) is 0 Å². The number of likely N-dealkylation sites (tertiary alicyclic amines) is 1. The van der Waals surface area contributed by atoms with Gasteiger partial charge in [0.2, 0.25) is 5.91 Å². The monoisotopic (exact) mass is 366 g/mol. The summed E-state index contributed by atoms with van der Waals surface area (Å²) >= 11 is 0. The van der Waals surface area contributed by atoms with Crippen molar-refractivity contribution in [1.29, 1.82) is 0 Å². The summed E-state index contributed by atoms with van der Waals surface area (Å²) in [4.78, 5) is 26.2. The highest BCUT2D eigenvalue weighted by Gasteiger charge is 2.35. The summed E-state index contributed by atoms with van der Waals surface area (Å²) < 4.78 is 43.3. The Morgan fingerprint density at radius 3 is 2.73 bits per heavy atom. The van der Waals surface area contributed by atoms with Crippen LogP contribution in [0.5, 0.6) is 0 Å². The number of alkyl halides is 3. The van der Waals surface area contributed by atoms with E-state index in [4.69, 9.17) is 4.42 Å². The number of furan rings is 1. The Morgan fingerprint density at radius 2 is 2.04 bits per heavy atom. The van der Waals surface area contributed by atoms with Crippen molar-refractivity contribution < 1.29 is 27.2 Å². The molecule has 1 fully saturated rings. The van der Waals surface area contributed by atoms with E-state index in [1.807, 2.05) is 0 Å². The van der Waals surface area contributed by atoms with Gasteiger partial charge in [-0.25, -0.2) is 0 Å². The van der Waals surface area contributed by atoms with Gasteiger partial charge in [0.05, 0.1) is 11.8 Å². The first kappa shape index (κ1) is 18.0. The molecule has 1 aromatic carbocycles. The van der Waals surface area contributed by atoms with Gasteiger partial charge in [-0.1, -0.05) is 12.1 Å². The van der Waals surface area contributed by atoms with Crippen molar-refractivity contribution in [3.63, 3.8) is 0 Å². The number of amides is 2. The molecular weight excluding hydrogens is 349 g/mol. The van der Waals surface area contributed by atoms with Gasteiger partial charge in [0.15, 0.2) is 5.76 Å². The van der Waals surface area contributed by atoms with E-state index in [0.717, 1.165) is 12.1 Å². The lowest BCUT2D eigenvalue weighted by Crippen LogP contribution is -2.45. The number of carbonyl (C=O) groups is 2. The maximum Gasteiger partial charge on any atom is 0.416 e. The van der Waals surface area contributed by atoms with Gasteiger partial charge in [0.1, 0.15) is 6.04 Å². The van der Waals surface area contributed by atoms with Gasteiger partial charge < -0.3 is 14.6 Å². The zero-order valence-electron chi connectivity index (χ0n) is 13.8. The fourth-order valence-corrected chi connectivity index (χ4v) is 2.99. The molecule has 26 heavy (non-hydrogen) atoms.